The molecule has 1 amide bonds. The lowest BCUT2D eigenvalue weighted by atomic mass is 10.1. The van der Waals surface area contributed by atoms with E-state index in [0.717, 1.165) is 11.1 Å². The number of halogens is 1. The van der Waals surface area contributed by atoms with Crippen LogP contribution in [-0.2, 0) is 11.3 Å². The first-order valence-corrected chi connectivity index (χ1v) is 6.70. The van der Waals surface area contributed by atoms with Crippen LogP contribution in [0.2, 0.25) is 5.02 Å². The first-order valence-electron chi connectivity index (χ1n) is 5.91. The lowest BCUT2D eigenvalue weighted by molar-refractivity contribution is -0.120. The van der Waals surface area contributed by atoms with Gasteiger partial charge in [0.15, 0.2) is 0 Å². The Balaban J connectivity index is 2.62. The maximum absolute atomic E-state index is 11.2. The van der Waals surface area contributed by atoms with Gasteiger partial charge in [0.25, 0.3) is 0 Å². The molecule has 0 heterocycles. The third-order valence-corrected chi connectivity index (χ3v) is 3.36. The summed E-state index contributed by atoms with van der Waals surface area (Å²) >= 11 is 11.1. The van der Waals surface area contributed by atoms with Crippen LogP contribution < -0.4 is 11.1 Å². The van der Waals surface area contributed by atoms with Gasteiger partial charge in [-0.1, -0.05) is 36.0 Å². The lowest BCUT2D eigenvalue weighted by Crippen LogP contribution is -2.26. The summed E-state index contributed by atoms with van der Waals surface area (Å²) in [6, 6.07) is 5.54. The highest BCUT2D eigenvalue weighted by atomic mass is 35.5. The SMILES string of the molecule is CNC(=O)CCN(C)Cc1ccc(C(N)=S)cc1Cl. The van der Waals surface area contributed by atoms with Gasteiger partial charge < -0.3 is 16.0 Å². The predicted molar refractivity (Wildman–Crippen MR) is 82.4 cm³/mol. The zero-order chi connectivity index (χ0) is 14.4. The highest BCUT2D eigenvalue weighted by Crippen LogP contribution is 2.19. The Bertz CT molecular complexity index is 479. The molecule has 19 heavy (non-hydrogen) atoms. The molecule has 0 aliphatic rings. The lowest BCUT2D eigenvalue weighted by Gasteiger charge is -2.17. The van der Waals surface area contributed by atoms with Gasteiger partial charge in [-0.3, -0.25) is 4.79 Å². The smallest absolute Gasteiger partial charge is 0.221 e. The van der Waals surface area contributed by atoms with Crippen LogP contribution in [-0.4, -0.2) is 36.4 Å². The second kappa shape index (κ2) is 7.43. The molecule has 104 valence electrons. The van der Waals surface area contributed by atoms with Crippen LogP contribution in [0.3, 0.4) is 0 Å². The molecule has 3 N–H and O–H groups in total. The molecule has 0 radical (unpaired) electrons. The number of carbonyl (C=O) groups excluding carboxylic acids is 1. The van der Waals surface area contributed by atoms with Gasteiger partial charge in [-0.25, -0.2) is 0 Å². The Morgan fingerprint density at radius 3 is 2.74 bits per heavy atom. The van der Waals surface area contributed by atoms with Crippen molar-refractivity contribution in [1.82, 2.24) is 10.2 Å². The third-order valence-electron chi connectivity index (χ3n) is 2.78. The van der Waals surface area contributed by atoms with Crippen molar-refractivity contribution in [1.29, 1.82) is 0 Å². The maximum atomic E-state index is 11.2. The fourth-order valence-corrected chi connectivity index (χ4v) is 1.98. The molecule has 1 rings (SSSR count). The summed E-state index contributed by atoms with van der Waals surface area (Å²) in [5.74, 6) is 0.0294. The molecule has 0 bridgehead atoms. The minimum absolute atomic E-state index is 0.0294. The molecule has 0 spiro atoms. The number of nitrogens with one attached hydrogen (secondary N) is 1. The number of carbonyl (C=O) groups is 1. The number of nitrogens with zero attached hydrogens (tertiary/aromatic N) is 1. The van der Waals surface area contributed by atoms with E-state index >= 15 is 0 Å². The van der Waals surface area contributed by atoms with Crippen LogP contribution in [0.15, 0.2) is 18.2 Å². The largest absolute Gasteiger partial charge is 0.389 e. The van der Waals surface area contributed by atoms with E-state index in [0.29, 0.717) is 29.5 Å². The molecule has 6 heteroatoms. The Labute approximate surface area is 123 Å². The number of rotatable bonds is 6. The molecule has 0 unspecified atom stereocenters. The molecule has 0 aliphatic carbocycles. The molecule has 1 aromatic carbocycles. The number of nitrogens with two attached hydrogens (primary N) is 1. The molecular weight excluding hydrogens is 282 g/mol. The summed E-state index contributed by atoms with van der Waals surface area (Å²) in [6.07, 6.45) is 0.468. The van der Waals surface area contributed by atoms with Gasteiger partial charge in [0, 0.05) is 37.1 Å². The summed E-state index contributed by atoms with van der Waals surface area (Å²) in [5.41, 5.74) is 7.30. The van der Waals surface area contributed by atoms with E-state index < -0.39 is 0 Å². The highest BCUT2D eigenvalue weighted by Gasteiger charge is 2.08. The molecule has 0 saturated carbocycles. The molecule has 0 fully saturated rings. The van der Waals surface area contributed by atoms with Gasteiger partial charge in [0.1, 0.15) is 4.99 Å². The van der Waals surface area contributed by atoms with Gasteiger partial charge in [-0.05, 0) is 18.7 Å². The molecule has 1 aromatic rings. The van der Waals surface area contributed by atoms with Crippen LogP contribution in [0.25, 0.3) is 0 Å². The van der Waals surface area contributed by atoms with Crippen molar-refractivity contribution in [3.05, 3.63) is 34.3 Å². The van der Waals surface area contributed by atoms with Crippen molar-refractivity contribution in [3.63, 3.8) is 0 Å². The minimum Gasteiger partial charge on any atom is -0.389 e. The summed E-state index contributed by atoms with van der Waals surface area (Å²) in [5, 5.41) is 3.23. The molecule has 4 nitrogen and oxygen atoms in total. The molecule has 0 aromatic heterocycles. The normalized spacial score (nSPS) is 10.5. The van der Waals surface area contributed by atoms with E-state index in [1.165, 1.54) is 0 Å². The van der Waals surface area contributed by atoms with Gasteiger partial charge in [-0.15, -0.1) is 0 Å². The molecule has 0 aliphatic heterocycles. The zero-order valence-electron chi connectivity index (χ0n) is 11.1. The van der Waals surface area contributed by atoms with Gasteiger partial charge in [0.2, 0.25) is 5.91 Å². The van der Waals surface area contributed by atoms with Gasteiger partial charge in [0.05, 0.1) is 0 Å². The first kappa shape index (κ1) is 15.9. The average Bonchev–Trinajstić information content (AvgIpc) is 2.38. The van der Waals surface area contributed by atoms with Crippen LogP contribution >= 0.6 is 23.8 Å². The number of amides is 1. The highest BCUT2D eigenvalue weighted by molar-refractivity contribution is 7.80. The fourth-order valence-electron chi connectivity index (χ4n) is 1.62. The fraction of sp³-hybridized carbons (Fsp3) is 0.385. The van der Waals surface area contributed by atoms with E-state index in [2.05, 4.69) is 5.32 Å². The van der Waals surface area contributed by atoms with Crippen LogP contribution in [0.1, 0.15) is 17.5 Å². The number of benzene rings is 1. The van der Waals surface area contributed by atoms with Gasteiger partial charge in [-0.2, -0.15) is 0 Å². The Morgan fingerprint density at radius 2 is 2.21 bits per heavy atom. The topological polar surface area (TPSA) is 58.4 Å². The molecule has 0 atom stereocenters. The number of hydrogen-bond acceptors (Lipinski definition) is 3. The van der Waals surface area contributed by atoms with Crippen molar-refractivity contribution in [3.8, 4) is 0 Å². The number of thiocarbonyl (C=S) groups is 1. The van der Waals surface area contributed by atoms with Crippen molar-refractivity contribution < 1.29 is 4.79 Å². The second-order valence-electron chi connectivity index (χ2n) is 4.33. The Hall–Kier alpha value is -1.17. The van der Waals surface area contributed by atoms with E-state index in [1.807, 2.05) is 24.1 Å². The minimum atomic E-state index is 0.0294. The van der Waals surface area contributed by atoms with Gasteiger partial charge >= 0.3 is 0 Å². The number of hydrogen-bond donors (Lipinski definition) is 2. The van der Waals surface area contributed by atoms with Crippen molar-refractivity contribution >= 4 is 34.7 Å². The van der Waals surface area contributed by atoms with E-state index in [-0.39, 0.29) is 5.91 Å². The Morgan fingerprint density at radius 1 is 1.53 bits per heavy atom. The first-order chi connectivity index (χ1) is 8.93. The van der Waals surface area contributed by atoms with Crippen LogP contribution in [0.4, 0.5) is 0 Å². The predicted octanol–water partition coefficient (Wildman–Crippen LogP) is 1.54. The average molecular weight is 300 g/mol. The van der Waals surface area contributed by atoms with E-state index in [4.69, 9.17) is 29.6 Å². The zero-order valence-corrected chi connectivity index (χ0v) is 12.6. The second-order valence-corrected chi connectivity index (χ2v) is 5.18. The van der Waals surface area contributed by atoms with Crippen molar-refractivity contribution in [2.45, 2.75) is 13.0 Å². The summed E-state index contributed by atoms with van der Waals surface area (Å²) in [6.45, 7) is 1.35. The summed E-state index contributed by atoms with van der Waals surface area (Å²) in [4.78, 5) is 13.5. The van der Waals surface area contributed by atoms with Crippen LogP contribution in [0.5, 0.6) is 0 Å². The quantitative estimate of drug-likeness (QED) is 0.783. The third kappa shape index (κ3) is 5.14. The van der Waals surface area contributed by atoms with Crippen molar-refractivity contribution in [2.75, 3.05) is 20.6 Å². The van der Waals surface area contributed by atoms with E-state index in [9.17, 15) is 4.79 Å². The summed E-state index contributed by atoms with van der Waals surface area (Å²) < 4.78 is 0. The van der Waals surface area contributed by atoms with Crippen LogP contribution in [0, 0.1) is 0 Å². The summed E-state index contributed by atoms with van der Waals surface area (Å²) in [7, 11) is 3.58. The Kier molecular flexibility index (Phi) is 6.21. The maximum Gasteiger partial charge on any atom is 0.221 e. The molecular formula is C13H18ClN3OS. The van der Waals surface area contributed by atoms with Crippen molar-refractivity contribution in [2.24, 2.45) is 5.73 Å². The monoisotopic (exact) mass is 299 g/mol. The van der Waals surface area contributed by atoms with E-state index in [1.54, 1.807) is 13.1 Å². The molecule has 0 saturated heterocycles. The standard InChI is InChI=1S/C13H18ClN3OS/c1-16-12(18)5-6-17(2)8-10-4-3-9(13(15)19)7-11(10)14/h3-4,7H,5-6,8H2,1-2H3,(H2,15,19)(H,16,18).